The lowest BCUT2D eigenvalue weighted by molar-refractivity contribution is 0.316. The van der Waals surface area contributed by atoms with Crippen molar-refractivity contribution in [3.8, 4) is 0 Å². The van der Waals surface area contributed by atoms with Gasteiger partial charge in [-0.2, -0.15) is 0 Å². The summed E-state index contributed by atoms with van der Waals surface area (Å²) >= 11 is 0. The maximum absolute atomic E-state index is 2.42. The van der Waals surface area contributed by atoms with Gasteiger partial charge in [0.15, 0.2) is 0 Å². The summed E-state index contributed by atoms with van der Waals surface area (Å²) in [4.78, 5) is 0. The second-order valence-electron chi connectivity index (χ2n) is 4.42. The van der Waals surface area contributed by atoms with E-state index >= 15 is 0 Å². The molecule has 0 aromatic heterocycles. The smallest absolute Gasteiger partial charge is 0.0205 e. The average Bonchev–Trinajstić information content (AvgIpc) is 1.98. The van der Waals surface area contributed by atoms with Crippen molar-refractivity contribution in [3.05, 3.63) is 11.6 Å². The summed E-state index contributed by atoms with van der Waals surface area (Å²) in [6, 6.07) is 0. The molecular weight excluding hydrogens is 144 g/mol. The summed E-state index contributed by atoms with van der Waals surface area (Å²) < 4.78 is 0. The zero-order chi connectivity index (χ0) is 9.72. The van der Waals surface area contributed by atoms with Crippen LogP contribution in [-0.2, 0) is 0 Å². The first kappa shape index (κ1) is 11.7. The lowest BCUT2D eigenvalue weighted by Crippen LogP contribution is -2.14. The summed E-state index contributed by atoms with van der Waals surface area (Å²) in [5.41, 5.74) is 1.45. The second kappa shape index (κ2) is 5.40. The lowest BCUT2D eigenvalue weighted by atomic mass is 9.82. The van der Waals surface area contributed by atoms with E-state index in [1.54, 1.807) is 0 Å². The number of hydrogen-bond acceptors (Lipinski definition) is 0. The van der Waals surface area contributed by atoms with Gasteiger partial charge in [-0.3, -0.25) is 0 Å². The fourth-order valence-corrected chi connectivity index (χ4v) is 1.56. The minimum absolute atomic E-state index is 0.773. The SMILES string of the molecule is CCC(C=C(C)C)C(C)C(C)C. The predicted molar refractivity (Wildman–Crippen MR) is 57.2 cm³/mol. The quantitative estimate of drug-likeness (QED) is 0.550. The minimum Gasteiger partial charge on any atom is -0.0825 e. The van der Waals surface area contributed by atoms with Gasteiger partial charge in [-0.05, 0) is 38.0 Å². The fourth-order valence-electron chi connectivity index (χ4n) is 1.56. The van der Waals surface area contributed by atoms with E-state index in [1.807, 2.05) is 0 Å². The highest BCUT2D eigenvalue weighted by atomic mass is 14.2. The molecule has 0 nitrogen and oxygen atoms in total. The van der Waals surface area contributed by atoms with Crippen LogP contribution in [0.1, 0.15) is 48.0 Å². The summed E-state index contributed by atoms with van der Waals surface area (Å²) in [6.45, 7) is 13.6. The molecule has 12 heavy (non-hydrogen) atoms. The molecule has 0 aromatic rings. The van der Waals surface area contributed by atoms with E-state index in [1.165, 1.54) is 12.0 Å². The minimum atomic E-state index is 0.773. The normalized spacial score (nSPS) is 15.9. The molecule has 0 fully saturated rings. The predicted octanol–water partition coefficient (Wildman–Crippen LogP) is 4.27. The Morgan fingerprint density at radius 3 is 1.92 bits per heavy atom. The summed E-state index contributed by atoms with van der Waals surface area (Å²) in [5.74, 6) is 2.38. The molecule has 0 aliphatic heterocycles. The van der Waals surface area contributed by atoms with Gasteiger partial charge in [0.05, 0.1) is 0 Å². The van der Waals surface area contributed by atoms with Crippen molar-refractivity contribution >= 4 is 0 Å². The first-order valence-corrected chi connectivity index (χ1v) is 5.14. The van der Waals surface area contributed by atoms with E-state index in [-0.39, 0.29) is 0 Å². The Kier molecular flexibility index (Phi) is 5.28. The van der Waals surface area contributed by atoms with Crippen LogP contribution in [0.2, 0.25) is 0 Å². The van der Waals surface area contributed by atoms with Gasteiger partial charge in [0, 0.05) is 0 Å². The van der Waals surface area contributed by atoms with Gasteiger partial charge in [0.25, 0.3) is 0 Å². The standard InChI is InChI=1S/C12H24/c1-7-12(8-9(2)3)11(6)10(4)5/h8,10-12H,7H2,1-6H3. The van der Waals surface area contributed by atoms with Crippen molar-refractivity contribution in [3.63, 3.8) is 0 Å². The Morgan fingerprint density at radius 1 is 1.17 bits per heavy atom. The third-order valence-corrected chi connectivity index (χ3v) is 2.75. The van der Waals surface area contributed by atoms with Gasteiger partial charge in [-0.15, -0.1) is 0 Å². The second-order valence-corrected chi connectivity index (χ2v) is 4.42. The van der Waals surface area contributed by atoms with Crippen molar-refractivity contribution in [2.75, 3.05) is 0 Å². The largest absolute Gasteiger partial charge is 0.0825 e. The molecule has 72 valence electrons. The molecule has 0 aliphatic rings. The van der Waals surface area contributed by atoms with Crippen molar-refractivity contribution < 1.29 is 0 Å². The van der Waals surface area contributed by atoms with Crippen molar-refractivity contribution in [2.24, 2.45) is 17.8 Å². The van der Waals surface area contributed by atoms with E-state index in [9.17, 15) is 0 Å². The Hall–Kier alpha value is -0.260. The van der Waals surface area contributed by atoms with E-state index in [0.29, 0.717) is 0 Å². The molecule has 0 saturated heterocycles. The molecule has 0 aliphatic carbocycles. The Morgan fingerprint density at radius 2 is 1.67 bits per heavy atom. The molecule has 2 unspecified atom stereocenters. The number of hydrogen-bond donors (Lipinski definition) is 0. The topological polar surface area (TPSA) is 0 Å². The highest BCUT2D eigenvalue weighted by molar-refractivity contribution is 4.98. The Balaban J connectivity index is 4.24. The third kappa shape index (κ3) is 3.94. The van der Waals surface area contributed by atoms with Crippen molar-refractivity contribution in [1.29, 1.82) is 0 Å². The molecule has 0 amide bonds. The van der Waals surface area contributed by atoms with Gasteiger partial charge >= 0.3 is 0 Å². The van der Waals surface area contributed by atoms with Crippen LogP contribution in [0.5, 0.6) is 0 Å². The number of allylic oxidation sites excluding steroid dienone is 2. The summed E-state index contributed by atoms with van der Waals surface area (Å²) in [7, 11) is 0. The van der Waals surface area contributed by atoms with E-state index in [2.05, 4.69) is 47.6 Å². The zero-order valence-corrected chi connectivity index (χ0v) is 9.52. The molecule has 0 rings (SSSR count). The third-order valence-electron chi connectivity index (χ3n) is 2.75. The monoisotopic (exact) mass is 168 g/mol. The molecule has 0 spiro atoms. The molecule has 0 radical (unpaired) electrons. The van der Waals surface area contributed by atoms with Crippen LogP contribution in [0.15, 0.2) is 11.6 Å². The van der Waals surface area contributed by atoms with Crippen molar-refractivity contribution in [2.45, 2.75) is 48.0 Å². The highest BCUT2D eigenvalue weighted by Crippen LogP contribution is 2.25. The first-order chi connectivity index (χ1) is 5.49. The highest BCUT2D eigenvalue weighted by Gasteiger charge is 2.15. The Bertz CT molecular complexity index is 138. The van der Waals surface area contributed by atoms with E-state index < -0.39 is 0 Å². The van der Waals surface area contributed by atoms with Gasteiger partial charge in [0.1, 0.15) is 0 Å². The molecule has 2 atom stereocenters. The molecule has 0 aromatic carbocycles. The molecular formula is C12H24. The molecule has 0 heterocycles. The molecule has 0 bridgehead atoms. The van der Waals surface area contributed by atoms with Crippen LogP contribution in [0.3, 0.4) is 0 Å². The van der Waals surface area contributed by atoms with Crippen LogP contribution >= 0.6 is 0 Å². The maximum Gasteiger partial charge on any atom is -0.0205 e. The van der Waals surface area contributed by atoms with Gasteiger partial charge in [-0.25, -0.2) is 0 Å². The van der Waals surface area contributed by atoms with E-state index in [4.69, 9.17) is 0 Å². The van der Waals surface area contributed by atoms with Crippen LogP contribution < -0.4 is 0 Å². The molecule has 0 heteroatoms. The van der Waals surface area contributed by atoms with Gasteiger partial charge in [0.2, 0.25) is 0 Å². The van der Waals surface area contributed by atoms with Crippen LogP contribution in [0.4, 0.5) is 0 Å². The average molecular weight is 168 g/mol. The van der Waals surface area contributed by atoms with Crippen LogP contribution in [-0.4, -0.2) is 0 Å². The number of rotatable bonds is 4. The van der Waals surface area contributed by atoms with Crippen molar-refractivity contribution in [1.82, 2.24) is 0 Å². The lowest BCUT2D eigenvalue weighted by Gasteiger charge is -2.23. The van der Waals surface area contributed by atoms with E-state index in [0.717, 1.165) is 17.8 Å². The molecule has 0 saturated carbocycles. The van der Waals surface area contributed by atoms with Gasteiger partial charge in [-0.1, -0.05) is 39.3 Å². The fraction of sp³-hybridized carbons (Fsp3) is 0.833. The van der Waals surface area contributed by atoms with Crippen LogP contribution in [0.25, 0.3) is 0 Å². The zero-order valence-electron chi connectivity index (χ0n) is 9.52. The summed E-state index contributed by atoms with van der Waals surface area (Å²) in [6.07, 6.45) is 3.69. The first-order valence-electron chi connectivity index (χ1n) is 5.14. The Labute approximate surface area is 78.1 Å². The van der Waals surface area contributed by atoms with Crippen LogP contribution in [0, 0.1) is 17.8 Å². The van der Waals surface area contributed by atoms with Gasteiger partial charge < -0.3 is 0 Å². The molecule has 0 N–H and O–H groups in total. The maximum atomic E-state index is 2.42. The summed E-state index contributed by atoms with van der Waals surface area (Å²) in [5, 5.41) is 0.